The second-order valence-corrected chi connectivity index (χ2v) is 10.9. The highest BCUT2D eigenvalue weighted by Crippen LogP contribution is 2.36. The van der Waals surface area contributed by atoms with Crippen molar-refractivity contribution >= 4 is 45.5 Å². The van der Waals surface area contributed by atoms with Gasteiger partial charge >= 0.3 is 0 Å². The van der Waals surface area contributed by atoms with E-state index in [2.05, 4.69) is 27.7 Å². The summed E-state index contributed by atoms with van der Waals surface area (Å²) < 4.78 is 7.22. The quantitative estimate of drug-likeness (QED) is 0.392. The van der Waals surface area contributed by atoms with Gasteiger partial charge in [0, 0.05) is 20.1 Å². The van der Waals surface area contributed by atoms with E-state index in [0.717, 1.165) is 44.7 Å². The van der Waals surface area contributed by atoms with Gasteiger partial charge in [0.1, 0.15) is 5.82 Å². The lowest BCUT2D eigenvalue weighted by atomic mass is 9.75. The first-order chi connectivity index (χ1) is 14.2. The smallest absolute Gasteiger partial charge is 0.198 e. The molecule has 154 valence electrons. The molecular formula is C21H27N5S3. The van der Waals surface area contributed by atoms with E-state index in [1.54, 1.807) is 23.1 Å². The predicted octanol–water partition coefficient (Wildman–Crippen LogP) is 5.32. The number of thioether (sulfide) groups is 1. The van der Waals surface area contributed by atoms with Crippen LogP contribution in [0.2, 0.25) is 0 Å². The van der Waals surface area contributed by atoms with Crippen LogP contribution in [0.1, 0.15) is 37.9 Å². The number of aromatic nitrogens is 4. The van der Waals surface area contributed by atoms with Crippen LogP contribution < -0.4 is 0 Å². The summed E-state index contributed by atoms with van der Waals surface area (Å²) in [5, 5.41) is 4.87. The van der Waals surface area contributed by atoms with Crippen molar-refractivity contribution in [3.8, 4) is 0 Å². The van der Waals surface area contributed by atoms with Gasteiger partial charge in [-0.2, -0.15) is 5.10 Å². The lowest BCUT2D eigenvalue weighted by Gasteiger charge is -2.41. The maximum Gasteiger partial charge on any atom is 0.198 e. The molecule has 29 heavy (non-hydrogen) atoms. The summed E-state index contributed by atoms with van der Waals surface area (Å²) in [6, 6.07) is 8.30. The number of hydrogen-bond acceptors (Lipinski definition) is 6. The van der Waals surface area contributed by atoms with Crippen LogP contribution in [0.5, 0.6) is 0 Å². The number of hydrogen-bond donors (Lipinski definition) is 0. The molecule has 1 saturated carbocycles. The Kier molecular flexibility index (Phi) is 5.78. The van der Waals surface area contributed by atoms with Gasteiger partial charge in [0.15, 0.2) is 9.11 Å². The Labute approximate surface area is 185 Å². The van der Waals surface area contributed by atoms with Crippen LogP contribution in [0.3, 0.4) is 0 Å². The van der Waals surface area contributed by atoms with Crippen LogP contribution in [-0.4, -0.2) is 37.3 Å². The van der Waals surface area contributed by atoms with E-state index in [4.69, 9.17) is 22.3 Å². The average Bonchev–Trinajstić information content (AvgIpc) is 3.28. The van der Waals surface area contributed by atoms with Gasteiger partial charge in [-0.25, -0.2) is 9.67 Å². The van der Waals surface area contributed by atoms with Crippen molar-refractivity contribution in [2.75, 3.05) is 13.1 Å². The number of nitrogens with zero attached hydrogens (tertiary/aromatic N) is 5. The van der Waals surface area contributed by atoms with Crippen molar-refractivity contribution in [2.45, 2.75) is 48.9 Å². The lowest BCUT2D eigenvalue weighted by molar-refractivity contribution is 0.0624. The molecule has 0 spiro atoms. The number of piperidine rings is 1. The van der Waals surface area contributed by atoms with E-state index in [0.29, 0.717) is 0 Å². The number of rotatable bonds is 5. The van der Waals surface area contributed by atoms with Crippen molar-refractivity contribution in [3.63, 3.8) is 0 Å². The average molecular weight is 446 g/mol. The molecule has 2 aromatic heterocycles. The Bertz CT molecular complexity index is 1020. The molecule has 2 atom stereocenters. The zero-order valence-electron chi connectivity index (χ0n) is 16.8. The monoisotopic (exact) mass is 445 g/mol. The molecule has 3 heterocycles. The molecule has 1 aromatic carbocycles. The molecule has 1 saturated heterocycles. The molecule has 0 N–H and O–H groups in total. The van der Waals surface area contributed by atoms with E-state index in [9.17, 15) is 0 Å². The van der Waals surface area contributed by atoms with Crippen LogP contribution in [0.15, 0.2) is 28.6 Å². The van der Waals surface area contributed by atoms with Crippen molar-refractivity contribution in [1.29, 1.82) is 0 Å². The standard InChI is InChI=1S/C21H27N5S3/c1-24-19(13-28-20-22-17-8-4-5-9-18(17)29-20)23-26(21(24)27)14-25-11-10-15-6-2-3-7-16(15)12-25/h4-5,8-9,15-16H,2-3,6-7,10-14H2,1H3/t15-,16-/m1/s1. The van der Waals surface area contributed by atoms with Crippen LogP contribution in [0.4, 0.5) is 0 Å². The number of thiazole rings is 1. The topological polar surface area (TPSA) is 38.9 Å². The van der Waals surface area contributed by atoms with E-state index in [1.165, 1.54) is 49.9 Å². The van der Waals surface area contributed by atoms with Crippen LogP contribution >= 0.6 is 35.3 Å². The van der Waals surface area contributed by atoms with Crippen molar-refractivity contribution in [1.82, 2.24) is 24.2 Å². The molecular weight excluding hydrogens is 418 g/mol. The highest BCUT2D eigenvalue weighted by atomic mass is 32.2. The van der Waals surface area contributed by atoms with E-state index in [-0.39, 0.29) is 0 Å². The molecule has 0 bridgehead atoms. The molecule has 0 radical (unpaired) electrons. The fourth-order valence-electron chi connectivity index (χ4n) is 4.78. The highest BCUT2D eigenvalue weighted by Gasteiger charge is 2.31. The van der Waals surface area contributed by atoms with E-state index in [1.807, 2.05) is 17.8 Å². The van der Waals surface area contributed by atoms with E-state index >= 15 is 0 Å². The van der Waals surface area contributed by atoms with Crippen molar-refractivity contribution in [2.24, 2.45) is 18.9 Å². The fourth-order valence-corrected chi connectivity index (χ4v) is 7.03. The molecule has 1 aliphatic carbocycles. The minimum absolute atomic E-state index is 0.789. The third-order valence-electron chi connectivity index (χ3n) is 6.44. The molecule has 1 aliphatic heterocycles. The second kappa shape index (κ2) is 8.49. The Morgan fingerprint density at radius 2 is 2.00 bits per heavy atom. The first kappa shape index (κ1) is 19.7. The Hall–Kier alpha value is -1.22. The second-order valence-electron chi connectivity index (χ2n) is 8.31. The Morgan fingerprint density at radius 1 is 1.17 bits per heavy atom. The number of benzene rings is 1. The third kappa shape index (κ3) is 4.17. The van der Waals surface area contributed by atoms with Crippen molar-refractivity contribution < 1.29 is 0 Å². The minimum Gasteiger partial charge on any atom is -0.306 e. The van der Waals surface area contributed by atoms with Crippen molar-refractivity contribution in [3.05, 3.63) is 34.9 Å². The number of para-hydroxylation sites is 1. The van der Waals surface area contributed by atoms with Gasteiger partial charge < -0.3 is 4.57 Å². The number of likely N-dealkylation sites (tertiary alicyclic amines) is 1. The van der Waals surface area contributed by atoms with Gasteiger partial charge in [-0.05, 0) is 49.0 Å². The molecule has 2 aliphatic rings. The summed E-state index contributed by atoms with van der Waals surface area (Å²) in [5.41, 5.74) is 1.07. The van der Waals surface area contributed by atoms with Crippen LogP contribution in [0, 0.1) is 16.6 Å². The number of fused-ring (bicyclic) bond motifs is 2. The van der Waals surface area contributed by atoms with Crippen LogP contribution in [-0.2, 0) is 19.5 Å². The summed E-state index contributed by atoms with van der Waals surface area (Å²) in [7, 11) is 2.04. The zero-order chi connectivity index (χ0) is 19.8. The molecule has 5 rings (SSSR count). The summed E-state index contributed by atoms with van der Waals surface area (Å²) in [6.07, 6.45) is 7.02. The summed E-state index contributed by atoms with van der Waals surface area (Å²) in [4.78, 5) is 7.28. The maximum atomic E-state index is 5.70. The summed E-state index contributed by atoms with van der Waals surface area (Å²) in [6.45, 7) is 3.20. The first-order valence-electron chi connectivity index (χ1n) is 10.5. The largest absolute Gasteiger partial charge is 0.306 e. The Morgan fingerprint density at radius 3 is 2.86 bits per heavy atom. The predicted molar refractivity (Wildman–Crippen MR) is 123 cm³/mol. The van der Waals surface area contributed by atoms with E-state index < -0.39 is 0 Å². The first-order valence-corrected chi connectivity index (χ1v) is 12.7. The maximum absolute atomic E-state index is 5.70. The van der Waals surface area contributed by atoms with Gasteiger partial charge in [0.05, 0.1) is 22.6 Å². The normalized spacial score (nSPS) is 22.8. The molecule has 3 aromatic rings. The summed E-state index contributed by atoms with van der Waals surface area (Å²) >= 11 is 9.19. The molecule has 0 amide bonds. The molecule has 8 heteroatoms. The van der Waals surface area contributed by atoms with Gasteiger partial charge in [-0.1, -0.05) is 43.2 Å². The van der Waals surface area contributed by atoms with Gasteiger partial charge in [0.2, 0.25) is 0 Å². The Balaban J connectivity index is 1.25. The van der Waals surface area contributed by atoms with Gasteiger partial charge in [0.25, 0.3) is 0 Å². The third-order valence-corrected chi connectivity index (χ3v) is 9.10. The van der Waals surface area contributed by atoms with Gasteiger partial charge in [-0.3, -0.25) is 4.90 Å². The summed E-state index contributed by atoms with van der Waals surface area (Å²) in [5.74, 6) is 3.64. The molecule has 0 unspecified atom stereocenters. The lowest BCUT2D eigenvalue weighted by Crippen LogP contribution is -2.42. The fraction of sp³-hybridized carbons (Fsp3) is 0.571. The van der Waals surface area contributed by atoms with Crippen LogP contribution in [0.25, 0.3) is 10.2 Å². The molecule has 5 nitrogen and oxygen atoms in total. The van der Waals surface area contributed by atoms with Gasteiger partial charge in [-0.15, -0.1) is 11.3 Å². The zero-order valence-corrected chi connectivity index (χ0v) is 19.2. The SMILES string of the molecule is Cn1c(CSc2nc3ccccc3s2)nn(CN2CC[C@H]3CCCC[C@@H]3C2)c1=S. The molecule has 2 fully saturated rings. The minimum atomic E-state index is 0.789. The highest BCUT2D eigenvalue weighted by molar-refractivity contribution is 8.00.